The van der Waals surface area contributed by atoms with Crippen LogP contribution >= 0.6 is 0 Å². The molecule has 0 bridgehead atoms. The molecular weight excluding hydrogens is 294 g/mol. The van der Waals surface area contributed by atoms with Crippen LogP contribution in [-0.2, 0) is 13.5 Å². The van der Waals surface area contributed by atoms with Gasteiger partial charge in [0.1, 0.15) is 5.82 Å². The maximum Gasteiger partial charge on any atom is 0.343 e. The van der Waals surface area contributed by atoms with Gasteiger partial charge in [0.2, 0.25) is 0 Å². The van der Waals surface area contributed by atoms with Gasteiger partial charge in [0.25, 0.3) is 5.91 Å². The Kier molecular flexibility index (Phi) is 4.36. The predicted octanol–water partition coefficient (Wildman–Crippen LogP) is 1.28. The summed E-state index contributed by atoms with van der Waals surface area (Å²) in [6.45, 7) is 1.90. The molecule has 7 nitrogen and oxygen atoms in total. The first kappa shape index (κ1) is 15.6. The maximum absolute atomic E-state index is 12.5. The molecule has 23 heavy (non-hydrogen) atoms. The Balaban J connectivity index is 1.71. The van der Waals surface area contributed by atoms with E-state index in [0.29, 0.717) is 17.9 Å². The lowest BCUT2D eigenvalue weighted by molar-refractivity contribution is 0.0904. The van der Waals surface area contributed by atoms with Gasteiger partial charge in [-0.2, -0.15) is 5.10 Å². The van der Waals surface area contributed by atoms with Crippen LogP contribution in [0, 0.1) is 12.8 Å². The summed E-state index contributed by atoms with van der Waals surface area (Å²) in [6.07, 6.45) is 6.76. The van der Waals surface area contributed by atoms with Gasteiger partial charge in [0.05, 0.1) is 5.56 Å². The number of nitrogens with one attached hydrogen (secondary N) is 3. The molecule has 2 aromatic heterocycles. The average molecular weight is 317 g/mol. The number of hydrogen-bond acceptors (Lipinski definition) is 3. The number of rotatable bonds is 4. The smallest absolute Gasteiger partial charge is 0.343 e. The summed E-state index contributed by atoms with van der Waals surface area (Å²) in [5, 5.41) is 9.75. The lowest BCUT2D eigenvalue weighted by atomic mass is 9.82. The first-order valence-electron chi connectivity index (χ1n) is 8.11. The van der Waals surface area contributed by atoms with Gasteiger partial charge in [-0.25, -0.2) is 9.89 Å². The topological polar surface area (TPSA) is 95.6 Å². The number of aryl methyl sites for hydroxylation is 1. The quantitative estimate of drug-likeness (QED) is 0.792. The molecule has 2 heterocycles. The number of carbonyl (C=O) groups excluding carboxylic acids is 1. The largest absolute Gasteiger partial charge is 0.365 e. The third-order valence-corrected chi connectivity index (χ3v) is 4.84. The number of H-pyrrole nitrogens is 2. The maximum atomic E-state index is 12.5. The average Bonchev–Trinajstić information content (AvgIpc) is 3.10. The Labute approximate surface area is 134 Å². The van der Waals surface area contributed by atoms with Crippen LogP contribution in [0.15, 0.2) is 17.1 Å². The molecule has 0 spiro atoms. The van der Waals surface area contributed by atoms with Crippen LogP contribution in [0.5, 0.6) is 0 Å². The SMILES string of the molecule is Cc1[nH]ccc1C(=O)N[C@@H]1CCCC[C@@H]1Cc1n[nH]c(=O)n1C. The third-order valence-electron chi connectivity index (χ3n) is 4.84. The van der Waals surface area contributed by atoms with E-state index in [1.54, 1.807) is 23.9 Å². The van der Waals surface area contributed by atoms with Crippen LogP contribution in [0.2, 0.25) is 0 Å². The number of hydrogen-bond donors (Lipinski definition) is 3. The van der Waals surface area contributed by atoms with Crippen molar-refractivity contribution in [2.24, 2.45) is 13.0 Å². The highest BCUT2D eigenvalue weighted by Gasteiger charge is 2.28. The Morgan fingerprint density at radius 3 is 2.87 bits per heavy atom. The molecule has 1 aliphatic carbocycles. The van der Waals surface area contributed by atoms with Crippen LogP contribution in [0.1, 0.15) is 47.6 Å². The molecule has 0 aromatic carbocycles. The van der Waals surface area contributed by atoms with Crippen LogP contribution in [-0.4, -0.2) is 31.7 Å². The lowest BCUT2D eigenvalue weighted by Gasteiger charge is -2.32. The van der Waals surface area contributed by atoms with Crippen LogP contribution in [0.25, 0.3) is 0 Å². The molecule has 0 aliphatic heterocycles. The molecule has 1 aliphatic rings. The van der Waals surface area contributed by atoms with Crippen molar-refractivity contribution in [3.05, 3.63) is 39.8 Å². The van der Waals surface area contributed by atoms with Gasteiger partial charge >= 0.3 is 5.69 Å². The highest BCUT2D eigenvalue weighted by molar-refractivity contribution is 5.95. The fraction of sp³-hybridized carbons (Fsp3) is 0.562. The molecular formula is C16H23N5O2. The van der Waals surface area contributed by atoms with Gasteiger partial charge < -0.3 is 10.3 Å². The Morgan fingerprint density at radius 1 is 1.43 bits per heavy atom. The highest BCUT2D eigenvalue weighted by Crippen LogP contribution is 2.27. The van der Waals surface area contributed by atoms with E-state index in [4.69, 9.17) is 0 Å². The molecule has 7 heteroatoms. The number of aromatic nitrogens is 4. The molecule has 124 valence electrons. The zero-order valence-corrected chi connectivity index (χ0v) is 13.6. The van der Waals surface area contributed by atoms with Gasteiger partial charge in [-0.1, -0.05) is 12.8 Å². The first-order chi connectivity index (χ1) is 11.1. The second-order valence-electron chi connectivity index (χ2n) is 6.35. The van der Waals surface area contributed by atoms with Gasteiger partial charge in [0.15, 0.2) is 0 Å². The van der Waals surface area contributed by atoms with E-state index in [-0.39, 0.29) is 17.6 Å². The molecule has 1 fully saturated rings. The molecule has 2 atom stereocenters. The Morgan fingerprint density at radius 2 is 2.22 bits per heavy atom. The highest BCUT2D eigenvalue weighted by atomic mass is 16.2. The van der Waals surface area contributed by atoms with Gasteiger partial charge in [-0.05, 0) is 31.7 Å². The second kappa shape index (κ2) is 6.44. The molecule has 3 rings (SSSR count). The monoisotopic (exact) mass is 317 g/mol. The van der Waals surface area contributed by atoms with E-state index in [0.717, 1.165) is 37.2 Å². The molecule has 0 unspecified atom stereocenters. The third kappa shape index (κ3) is 3.23. The summed E-state index contributed by atoms with van der Waals surface area (Å²) >= 11 is 0. The van der Waals surface area contributed by atoms with Crippen molar-refractivity contribution >= 4 is 5.91 Å². The number of nitrogens with zero attached hydrogens (tertiary/aromatic N) is 2. The normalized spacial score (nSPS) is 21.3. The van der Waals surface area contributed by atoms with E-state index in [1.165, 1.54) is 0 Å². The summed E-state index contributed by atoms with van der Waals surface area (Å²) in [6, 6.07) is 1.93. The van der Waals surface area contributed by atoms with Crippen molar-refractivity contribution in [3.63, 3.8) is 0 Å². The molecule has 1 amide bonds. The summed E-state index contributed by atoms with van der Waals surface area (Å²) < 4.78 is 1.55. The minimum absolute atomic E-state index is 0.0310. The van der Waals surface area contributed by atoms with Crippen molar-refractivity contribution in [1.82, 2.24) is 25.1 Å². The van der Waals surface area contributed by atoms with E-state index < -0.39 is 0 Å². The van der Waals surface area contributed by atoms with E-state index in [9.17, 15) is 9.59 Å². The Hall–Kier alpha value is -2.31. The summed E-state index contributed by atoms with van der Waals surface area (Å²) in [7, 11) is 1.72. The van der Waals surface area contributed by atoms with Crippen molar-refractivity contribution in [2.75, 3.05) is 0 Å². The van der Waals surface area contributed by atoms with Gasteiger partial charge in [-0.3, -0.25) is 9.36 Å². The zero-order chi connectivity index (χ0) is 16.4. The standard InChI is InChI=1S/C16H23N5O2/c1-10-12(7-8-17-10)15(22)18-13-6-4-3-5-11(13)9-14-19-20-16(23)21(14)2/h7-8,11,13,17H,3-6,9H2,1-2H3,(H,18,22)(H,20,23)/t11-,13-/m1/s1. The Bertz CT molecular complexity index is 742. The van der Waals surface area contributed by atoms with Crippen LogP contribution in [0.3, 0.4) is 0 Å². The summed E-state index contributed by atoms with van der Waals surface area (Å²) in [5.74, 6) is 1.02. The summed E-state index contributed by atoms with van der Waals surface area (Å²) in [5.41, 5.74) is 1.38. The first-order valence-corrected chi connectivity index (χ1v) is 8.11. The van der Waals surface area contributed by atoms with Crippen LogP contribution in [0.4, 0.5) is 0 Å². The summed E-state index contributed by atoms with van der Waals surface area (Å²) in [4.78, 5) is 27.0. The molecule has 1 saturated carbocycles. The fourth-order valence-electron chi connectivity index (χ4n) is 3.38. The van der Waals surface area contributed by atoms with E-state index >= 15 is 0 Å². The minimum Gasteiger partial charge on any atom is -0.365 e. The molecule has 2 aromatic rings. The number of aromatic amines is 2. The molecule has 3 N–H and O–H groups in total. The zero-order valence-electron chi connectivity index (χ0n) is 13.6. The van der Waals surface area contributed by atoms with Crippen molar-refractivity contribution in [1.29, 1.82) is 0 Å². The fourth-order valence-corrected chi connectivity index (χ4v) is 3.38. The van der Waals surface area contributed by atoms with Crippen molar-refractivity contribution in [3.8, 4) is 0 Å². The van der Waals surface area contributed by atoms with E-state index in [1.807, 2.05) is 6.92 Å². The second-order valence-corrected chi connectivity index (χ2v) is 6.35. The van der Waals surface area contributed by atoms with Gasteiger partial charge in [0, 0.05) is 31.4 Å². The molecule has 0 radical (unpaired) electrons. The number of carbonyl (C=O) groups is 1. The van der Waals surface area contributed by atoms with Crippen molar-refractivity contribution < 1.29 is 4.79 Å². The van der Waals surface area contributed by atoms with E-state index in [2.05, 4.69) is 20.5 Å². The lowest BCUT2D eigenvalue weighted by Crippen LogP contribution is -2.43. The van der Waals surface area contributed by atoms with Crippen molar-refractivity contribution in [2.45, 2.75) is 45.1 Å². The number of amides is 1. The predicted molar refractivity (Wildman–Crippen MR) is 86.3 cm³/mol. The van der Waals surface area contributed by atoms with Crippen LogP contribution < -0.4 is 11.0 Å². The minimum atomic E-state index is -0.195. The van der Waals surface area contributed by atoms with Gasteiger partial charge in [-0.15, -0.1) is 0 Å². The molecule has 0 saturated heterocycles.